The molecule has 0 heterocycles. The second kappa shape index (κ2) is 8.83. The molecule has 0 fully saturated rings. The molecule has 0 saturated heterocycles. The van der Waals surface area contributed by atoms with Crippen LogP contribution in [-0.4, -0.2) is 25.7 Å². The van der Waals surface area contributed by atoms with Crippen molar-refractivity contribution in [1.82, 2.24) is 5.32 Å². The molecule has 128 valence electrons. The maximum Gasteiger partial charge on any atom is 0.246 e. The minimum absolute atomic E-state index is 0.0348. The van der Waals surface area contributed by atoms with Gasteiger partial charge < -0.3 is 10.1 Å². The highest BCUT2D eigenvalue weighted by atomic mass is 35.5. The number of amides is 1. The van der Waals surface area contributed by atoms with Gasteiger partial charge in [-0.2, -0.15) is 0 Å². The molecule has 0 aromatic heterocycles. The van der Waals surface area contributed by atoms with E-state index in [4.69, 9.17) is 16.3 Å². The van der Waals surface area contributed by atoms with Crippen LogP contribution >= 0.6 is 11.6 Å². The van der Waals surface area contributed by atoms with Gasteiger partial charge in [-0.1, -0.05) is 48.0 Å². The summed E-state index contributed by atoms with van der Waals surface area (Å²) in [5, 5.41) is 6.87. The van der Waals surface area contributed by atoms with Gasteiger partial charge in [-0.15, -0.1) is 0 Å². The molecule has 2 atom stereocenters. The first-order valence-electron chi connectivity index (χ1n) is 7.88. The van der Waals surface area contributed by atoms with E-state index in [0.717, 1.165) is 11.1 Å². The normalized spacial score (nSPS) is 13.3. The monoisotopic (exact) mass is 346 g/mol. The van der Waals surface area contributed by atoms with E-state index in [-0.39, 0.29) is 11.9 Å². The summed E-state index contributed by atoms with van der Waals surface area (Å²) in [6, 6.07) is 14.7. The molecule has 0 aliphatic carbocycles. The summed E-state index contributed by atoms with van der Waals surface area (Å²) >= 11 is 6.14. The van der Waals surface area contributed by atoms with E-state index in [9.17, 15) is 4.79 Å². The van der Waals surface area contributed by atoms with E-state index in [1.165, 1.54) is 0 Å². The number of hydrogen-bond donors (Lipinski definition) is 2. The van der Waals surface area contributed by atoms with Gasteiger partial charge in [0.2, 0.25) is 5.91 Å². The third kappa shape index (κ3) is 5.06. The van der Waals surface area contributed by atoms with Gasteiger partial charge in [0.25, 0.3) is 0 Å². The zero-order chi connectivity index (χ0) is 17.5. The number of halogens is 1. The minimum atomic E-state index is -0.476. The molecule has 4 nitrogen and oxygen atoms in total. The molecule has 1 amide bonds. The highest BCUT2D eigenvalue weighted by Crippen LogP contribution is 2.22. The van der Waals surface area contributed by atoms with Crippen LogP contribution in [0.15, 0.2) is 48.5 Å². The lowest BCUT2D eigenvalue weighted by molar-refractivity contribution is -0.118. The molecule has 2 aromatic rings. The number of nitrogens with one attached hydrogen (secondary N) is 2. The van der Waals surface area contributed by atoms with Gasteiger partial charge in [0.1, 0.15) is 6.04 Å². The van der Waals surface area contributed by atoms with Crippen molar-refractivity contribution in [2.75, 3.05) is 19.0 Å². The van der Waals surface area contributed by atoms with E-state index in [1.807, 2.05) is 56.3 Å². The van der Waals surface area contributed by atoms with Crippen LogP contribution in [0.4, 0.5) is 5.69 Å². The van der Waals surface area contributed by atoms with E-state index >= 15 is 0 Å². The molecule has 2 N–H and O–H groups in total. The quantitative estimate of drug-likeness (QED) is 0.798. The molecule has 0 spiro atoms. The average molecular weight is 347 g/mol. The smallest absolute Gasteiger partial charge is 0.246 e. The molecular weight excluding hydrogens is 324 g/mol. The lowest BCUT2D eigenvalue weighted by atomic mass is 10.0. The van der Waals surface area contributed by atoms with Crippen LogP contribution in [0.25, 0.3) is 0 Å². The first kappa shape index (κ1) is 18.5. The molecule has 0 aliphatic heterocycles. The fraction of sp³-hybridized carbons (Fsp3) is 0.316. The second-order valence-electron chi connectivity index (χ2n) is 5.82. The first-order valence-corrected chi connectivity index (χ1v) is 8.26. The Morgan fingerprint density at radius 3 is 2.54 bits per heavy atom. The molecule has 24 heavy (non-hydrogen) atoms. The summed E-state index contributed by atoms with van der Waals surface area (Å²) in [6.07, 6.45) is 0. The van der Waals surface area contributed by atoms with Crippen molar-refractivity contribution in [2.24, 2.45) is 0 Å². The van der Waals surface area contributed by atoms with E-state index in [0.29, 0.717) is 17.3 Å². The highest BCUT2D eigenvalue weighted by molar-refractivity contribution is 6.31. The van der Waals surface area contributed by atoms with Crippen LogP contribution in [-0.2, 0) is 9.53 Å². The van der Waals surface area contributed by atoms with Gasteiger partial charge in [0.15, 0.2) is 0 Å². The van der Waals surface area contributed by atoms with Crippen molar-refractivity contribution in [3.63, 3.8) is 0 Å². The summed E-state index contributed by atoms with van der Waals surface area (Å²) < 4.78 is 5.16. The van der Waals surface area contributed by atoms with E-state index in [2.05, 4.69) is 10.6 Å². The molecule has 0 unspecified atom stereocenters. The minimum Gasteiger partial charge on any atom is -0.383 e. The van der Waals surface area contributed by atoms with Crippen LogP contribution < -0.4 is 10.6 Å². The van der Waals surface area contributed by atoms with Crippen molar-refractivity contribution in [3.8, 4) is 0 Å². The standard InChI is InChI=1S/C19H23ClN2O2/c1-13-9-10-16(11-17(13)20)22-19(23)18(21-14(2)12-24-3)15-7-5-4-6-8-15/h4-11,14,18,21H,12H2,1-3H3,(H,22,23)/t14-,18-/m0/s1. The molecular formula is C19H23ClN2O2. The Labute approximate surface area is 148 Å². The predicted molar refractivity (Wildman–Crippen MR) is 98.5 cm³/mol. The van der Waals surface area contributed by atoms with Crippen molar-refractivity contribution in [2.45, 2.75) is 25.9 Å². The predicted octanol–water partition coefficient (Wildman–Crippen LogP) is 3.95. The van der Waals surface area contributed by atoms with Gasteiger partial charge in [0.05, 0.1) is 6.61 Å². The van der Waals surface area contributed by atoms with Crippen LogP contribution in [0, 0.1) is 6.92 Å². The molecule has 0 saturated carbocycles. The maximum atomic E-state index is 12.8. The van der Waals surface area contributed by atoms with E-state index < -0.39 is 6.04 Å². The second-order valence-corrected chi connectivity index (χ2v) is 6.23. The Bertz CT molecular complexity index is 676. The molecule has 2 aromatic carbocycles. The zero-order valence-electron chi connectivity index (χ0n) is 14.2. The summed E-state index contributed by atoms with van der Waals surface area (Å²) in [7, 11) is 1.64. The number of ether oxygens (including phenoxy) is 1. The van der Waals surface area contributed by atoms with Crippen molar-refractivity contribution in [1.29, 1.82) is 0 Å². The van der Waals surface area contributed by atoms with Crippen LogP contribution in [0.5, 0.6) is 0 Å². The van der Waals surface area contributed by atoms with Crippen LogP contribution in [0.1, 0.15) is 24.1 Å². The number of hydrogen-bond acceptors (Lipinski definition) is 3. The summed E-state index contributed by atoms with van der Waals surface area (Å²) in [4.78, 5) is 12.8. The van der Waals surface area contributed by atoms with Gasteiger partial charge >= 0.3 is 0 Å². The highest BCUT2D eigenvalue weighted by Gasteiger charge is 2.22. The molecule has 0 aliphatic rings. The fourth-order valence-corrected chi connectivity index (χ4v) is 2.62. The average Bonchev–Trinajstić information content (AvgIpc) is 2.57. The van der Waals surface area contributed by atoms with Gasteiger partial charge in [-0.25, -0.2) is 0 Å². The Hall–Kier alpha value is -1.88. The number of methoxy groups -OCH3 is 1. The number of benzene rings is 2. The summed E-state index contributed by atoms with van der Waals surface area (Å²) in [5.41, 5.74) is 2.55. The van der Waals surface area contributed by atoms with Gasteiger partial charge in [0, 0.05) is 23.9 Å². The van der Waals surface area contributed by atoms with E-state index in [1.54, 1.807) is 13.2 Å². The lowest BCUT2D eigenvalue weighted by Gasteiger charge is -2.23. The van der Waals surface area contributed by atoms with Gasteiger partial charge in [-0.3, -0.25) is 10.1 Å². The van der Waals surface area contributed by atoms with Crippen molar-refractivity contribution < 1.29 is 9.53 Å². The third-order valence-corrected chi connectivity index (χ3v) is 4.11. The molecule has 2 rings (SSSR count). The number of rotatable bonds is 7. The zero-order valence-corrected chi connectivity index (χ0v) is 14.9. The molecule has 0 bridgehead atoms. The fourth-order valence-electron chi connectivity index (χ4n) is 2.44. The number of anilines is 1. The third-order valence-electron chi connectivity index (χ3n) is 3.70. The first-order chi connectivity index (χ1) is 11.5. The Kier molecular flexibility index (Phi) is 6.79. The summed E-state index contributed by atoms with van der Waals surface area (Å²) in [5.74, 6) is -0.135. The largest absolute Gasteiger partial charge is 0.383 e. The van der Waals surface area contributed by atoms with Crippen molar-refractivity contribution in [3.05, 3.63) is 64.7 Å². The number of carbonyl (C=O) groups excluding carboxylic acids is 1. The number of carbonyl (C=O) groups is 1. The van der Waals surface area contributed by atoms with Crippen LogP contribution in [0.3, 0.4) is 0 Å². The molecule has 0 radical (unpaired) electrons. The van der Waals surface area contributed by atoms with Gasteiger partial charge in [-0.05, 0) is 37.1 Å². The maximum absolute atomic E-state index is 12.8. The van der Waals surface area contributed by atoms with Crippen molar-refractivity contribution >= 4 is 23.2 Å². The Balaban J connectivity index is 2.18. The lowest BCUT2D eigenvalue weighted by Crippen LogP contribution is -2.40. The Morgan fingerprint density at radius 1 is 1.21 bits per heavy atom. The summed E-state index contributed by atoms with van der Waals surface area (Å²) in [6.45, 7) is 4.43. The number of aryl methyl sites for hydroxylation is 1. The van der Waals surface area contributed by atoms with Crippen LogP contribution in [0.2, 0.25) is 5.02 Å². The topological polar surface area (TPSA) is 50.4 Å². The molecule has 5 heteroatoms. The Morgan fingerprint density at radius 2 is 1.92 bits per heavy atom. The SMILES string of the molecule is COC[C@H](C)N[C@H](C(=O)Nc1ccc(C)c(Cl)c1)c1ccccc1.